The number of halogens is 2. The molecule has 0 aliphatic heterocycles. The Balaban J connectivity index is 1.72. The largest absolute Gasteiger partial charge is 0.524 e. The second-order valence-corrected chi connectivity index (χ2v) is 10.0. The summed E-state index contributed by atoms with van der Waals surface area (Å²) in [6.45, 7) is 0.0795. The van der Waals surface area contributed by atoms with Crippen molar-refractivity contribution in [2.75, 3.05) is 0 Å². The van der Waals surface area contributed by atoms with Crippen LogP contribution in [0.2, 0.25) is 0 Å². The number of hydrogen-bond acceptors (Lipinski definition) is 5. The van der Waals surface area contributed by atoms with Crippen LogP contribution >= 0.6 is 20.5 Å². The zero-order valence-electron chi connectivity index (χ0n) is 20.6. The Hall–Kier alpha value is -3.50. The molecule has 12 heteroatoms. The van der Waals surface area contributed by atoms with Crippen LogP contribution in [-0.2, 0) is 40.0 Å². The van der Waals surface area contributed by atoms with E-state index < -0.39 is 31.5 Å². The number of carbonyl (C=O) groups excluding carboxylic acids is 2. The molecule has 0 fully saturated rings. The first kappa shape index (κ1) is 30.0. The zero-order valence-corrected chi connectivity index (χ0v) is 22.4. The van der Waals surface area contributed by atoms with Crippen LogP contribution in [0.15, 0.2) is 78.2 Å². The quantitative estimate of drug-likeness (QED) is 0.164. The minimum absolute atomic E-state index is 0.0542. The van der Waals surface area contributed by atoms with Crippen molar-refractivity contribution in [3.8, 4) is 5.75 Å². The molecule has 0 spiro atoms. The molecule has 3 rings (SSSR count). The summed E-state index contributed by atoms with van der Waals surface area (Å²) in [4.78, 5) is 43.8. The lowest BCUT2D eigenvalue weighted by Gasteiger charge is -2.19. The predicted octanol–water partition coefficient (Wildman–Crippen LogP) is 4.01. The summed E-state index contributed by atoms with van der Waals surface area (Å²) >= 11 is 3.98. The van der Waals surface area contributed by atoms with Crippen LogP contribution in [0.25, 0.3) is 0 Å². The maximum atomic E-state index is 14.1. The van der Waals surface area contributed by atoms with E-state index in [4.69, 9.17) is 9.79 Å². The number of carbonyl (C=O) groups is 2. The fraction of sp³-hybridized carbons (Fsp3) is 0.185. The molecule has 0 aromatic heterocycles. The fourth-order valence-electron chi connectivity index (χ4n) is 3.69. The van der Waals surface area contributed by atoms with Crippen molar-refractivity contribution in [2.24, 2.45) is 0 Å². The highest BCUT2D eigenvalue weighted by Gasteiger charge is 2.22. The van der Waals surface area contributed by atoms with Gasteiger partial charge < -0.3 is 15.2 Å². The smallest absolute Gasteiger partial charge is 0.404 e. The van der Waals surface area contributed by atoms with Gasteiger partial charge in [0, 0.05) is 13.0 Å². The van der Waals surface area contributed by atoms with Gasteiger partial charge in [-0.15, -0.1) is 0 Å². The highest BCUT2D eigenvalue weighted by Crippen LogP contribution is 2.37. The summed E-state index contributed by atoms with van der Waals surface area (Å²) in [7, 11) is -4.73. The van der Waals surface area contributed by atoms with Gasteiger partial charge in [0.2, 0.25) is 11.8 Å². The van der Waals surface area contributed by atoms with E-state index in [9.17, 15) is 22.9 Å². The third-order valence-electron chi connectivity index (χ3n) is 5.54. The molecule has 39 heavy (non-hydrogen) atoms. The van der Waals surface area contributed by atoms with E-state index in [-0.39, 0.29) is 31.0 Å². The summed E-state index contributed by atoms with van der Waals surface area (Å²) in [6.07, 6.45) is 1.99. The number of amides is 2. The van der Waals surface area contributed by atoms with Gasteiger partial charge in [-0.1, -0.05) is 42.5 Å². The Morgan fingerprint density at radius 1 is 0.974 bits per heavy atom. The Bertz CT molecular complexity index is 1360. The van der Waals surface area contributed by atoms with Gasteiger partial charge in [0.1, 0.15) is 23.4 Å². The van der Waals surface area contributed by atoms with Crippen LogP contribution in [0.5, 0.6) is 5.75 Å². The van der Waals surface area contributed by atoms with Crippen molar-refractivity contribution in [3.05, 3.63) is 112 Å². The molecule has 0 aliphatic carbocycles. The molecule has 0 aliphatic rings. The molecule has 0 saturated carbocycles. The van der Waals surface area contributed by atoms with Crippen LogP contribution in [0.3, 0.4) is 0 Å². The van der Waals surface area contributed by atoms with Crippen LogP contribution in [0.1, 0.15) is 22.3 Å². The number of rotatable bonds is 12. The molecule has 2 amide bonds. The van der Waals surface area contributed by atoms with Gasteiger partial charge in [-0.2, -0.15) is 12.6 Å². The molecule has 4 N–H and O–H groups in total. The molecule has 0 unspecified atom stereocenters. The number of thiol groups is 1. The highest BCUT2D eigenvalue weighted by atomic mass is 32.1. The first-order chi connectivity index (χ1) is 18.5. The van der Waals surface area contributed by atoms with E-state index >= 15 is 0 Å². The maximum absolute atomic E-state index is 14.1. The van der Waals surface area contributed by atoms with Crippen molar-refractivity contribution in [3.63, 3.8) is 0 Å². The van der Waals surface area contributed by atoms with E-state index in [2.05, 4.69) is 27.8 Å². The standard InChI is InChI=1S/C27H27F2N2O6PS/c28-22-8-3-19(4-9-22)16-26(32)31-25(15-18-5-10-23(11-6-18)37-38(34,35)36)27(33)30-17-20-7-12-24(29)21(14-20)2-1-13-39/h1,3-14,25,39H,2,15-17H2,(H,30,33)(H,31,32)(H2,34,35,36)/b13-1+/t25-/m0/s1. The van der Waals surface area contributed by atoms with Crippen molar-refractivity contribution >= 4 is 32.3 Å². The average molecular weight is 577 g/mol. The monoisotopic (exact) mass is 576 g/mol. The summed E-state index contributed by atoms with van der Waals surface area (Å²) in [5.74, 6) is -1.85. The van der Waals surface area contributed by atoms with Crippen LogP contribution in [0, 0.1) is 11.6 Å². The number of benzene rings is 3. The van der Waals surface area contributed by atoms with Gasteiger partial charge >= 0.3 is 7.82 Å². The maximum Gasteiger partial charge on any atom is 0.524 e. The number of phosphoric acid groups is 1. The first-order valence-electron chi connectivity index (χ1n) is 11.7. The van der Waals surface area contributed by atoms with Crippen molar-refractivity contribution < 1.29 is 37.2 Å². The van der Waals surface area contributed by atoms with Gasteiger partial charge in [-0.25, -0.2) is 13.3 Å². The van der Waals surface area contributed by atoms with Gasteiger partial charge in [-0.05, 0) is 64.4 Å². The summed E-state index contributed by atoms with van der Waals surface area (Å²) in [6, 6.07) is 14.6. The van der Waals surface area contributed by atoms with Crippen molar-refractivity contribution in [2.45, 2.75) is 31.8 Å². The molecule has 206 valence electrons. The molecular weight excluding hydrogens is 549 g/mol. The topological polar surface area (TPSA) is 125 Å². The van der Waals surface area contributed by atoms with Gasteiger partial charge in [0.15, 0.2) is 0 Å². The normalized spacial score (nSPS) is 12.2. The Labute approximate surface area is 229 Å². The molecule has 8 nitrogen and oxygen atoms in total. The predicted molar refractivity (Wildman–Crippen MR) is 145 cm³/mol. The van der Waals surface area contributed by atoms with Gasteiger partial charge in [0.05, 0.1) is 6.42 Å². The third-order valence-corrected chi connectivity index (χ3v) is 6.20. The number of hydrogen-bond donors (Lipinski definition) is 5. The summed E-state index contributed by atoms with van der Waals surface area (Å²) in [5.41, 5.74) is 2.23. The van der Waals surface area contributed by atoms with E-state index in [0.29, 0.717) is 28.7 Å². The second kappa shape index (κ2) is 14.0. The SMILES string of the molecule is O=C(Cc1ccc(F)cc1)N[C@@H](Cc1ccc(OP(=O)(O)O)cc1)C(=O)NCc1ccc(F)c(C/C=C/S)c1. The molecule has 0 heterocycles. The first-order valence-corrected chi connectivity index (χ1v) is 13.8. The molecule has 3 aromatic rings. The number of nitrogens with one attached hydrogen (secondary N) is 2. The number of allylic oxidation sites excluding steroid dienone is 1. The van der Waals surface area contributed by atoms with Crippen molar-refractivity contribution in [1.29, 1.82) is 0 Å². The molecule has 0 saturated heterocycles. The van der Waals surface area contributed by atoms with Crippen molar-refractivity contribution in [1.82, 2.24) is 10.6 Å². The van der Waals surface area contributed by atoms with E-state index in [0.717, 1.165) is 0 Å². The molecule has 1 atom stereocenters. The Kier molecular flexibility index (Phi) is 10.8. The average Bonchev–Trinajstić information content (AvgIpc) is 2.88. The van der Waals surface area contributed by atoms with Gasteiger partial charge in [0.25, 0.3) is 0 Å². The fourth-order valence-corrected chi connectivity index (χ4v) is 4.19. The lowest BCUT2D eigenvalue weighted by atomic mass is 10.0. The minimum atomic E-state index is -4.73. The van der Waals surface area contributed by atoms with E-state index in [1.807, 2.05) is 0 Å². The minimum Gasteiger partial charge on any atom is -0.404 e. The molecule has 3 aromatic carbocycles. The second-order valence-electron chi connectivity index (χ2n) is 8.59. The lowest BCUT2D eigenvalue weighted by Crippen LogP contribution is -2.48. The van der Waals surface area contributed by atoms with Crippen LogP contribution in [-0.4, -0.2) is 27.6 Å². The lowest BCUT2D eigenvalue weighted by molar-refractivity contribution is -0.128. The number of phosphoric ester groups is 1. The highest BCUT2D eigenvalue weighted by molar-refractivity contribution is 7.83. The Morgan fingerprint density at radius 2 is 1.62 bits per heavy atom. The molecule has 0 radical (unpaired) electrons. The summed E-state index contributed by atoms with van der Waals surface area (Å²) < 4.78 is 42.8. The molecular formula is C27H27F2N2O6PS. The zero-order chi connectivity index (χ0) is 28.4. The summed E-state index contributed by atoms with van der Waals surface area (Å²) in [5, 5.41) is 6.95. The third kappa shape index (κ3) is 10.3. The molecule has 0 bridgehead atoms. The van der Waals surface area contributed by atoms with Crippen LogP contribution < -0.4 is 15.2 Å². The van der Waals surface area contributed by atoms with Gasteiger partial charge in [-0.3, -0.25) is 19.4 Å². The Morgan fingerprint density at radius 3 is 2.26 bits per heavy atom. The van der Waals surface area contributed by atoms with E-state index in [1.165, 1.54) is 60.0 Å². The van der Waals surface area contributed by atoms with Crippen LogP contribution in [0.4, 0.5) is 8.78 Å². The van der Waals surface area contributed by atoms with E-state index in [1.54, 1.807) is 18.2 Å².